The number of thiophene rings is 1. The van der Waals surface area contributed by atoms with Crippen molar-refractivity contribution in [3.63, 3.8) is 0 Å². The Morgan fingerprint density at radius 3 is 2.77 bits per heavy atom. The molecule has 9 heteroatoms. The van der Waals surface area contributed by atoms with Crippen molar-refractivity contribution in [3.8, 4) is 22.2 Å². The van der Waals surface area contributed by atoms with Crippen LogP contribution >= 0.6 is 23.6 Å². The van der Waals surface area contributed by atoms with Crippen molar-refractivity contribution in [1.82, 2.24) is 20.1 Å². The second kappa shape index (κ2) is 8.63. The van der Waals surface area contributed by atoms with E-state index in [-0.39, 0.29) is 12.5 Å². The molecule has 0 aliphatic carbocycles. The Morgan fingerprint density at radius 2 is 2.08 bits per heavy atom. The van der Waals surface area contributed by atoms with Crippen molar-refractivity contribution < 1.29 is 14.3 Å². The fourth-order valence-corrected chi connectivity index (χ4v) is 3.21. The molecular weight excluding hydrogens is 372 g/mol. The third-order valence-corrected chi connectivity index (χ3v) is 4.73. The second-order valence-electron chi connectivity index (χ2n) is 5.29. The molecule has 0 saturated carbocycles. The first kappa shape index (κ1) is 18.2. The van der Waals surface area contributed by atoms with Gasteiger partial charge in [0.05, 0.1) is 18.5 Å². The number of amides is 1. The van der Waals surface area contributed by atoms with Crippen LogP contribution < -0.4 is 14.8 Å². The van der Waals surface area contributed by atoms with Crippen molar-refractivity contribution in [3.05, 3.63) is 46.5 Å². The molecule has 0 spiro atoms. The number of nitrogens with one attached hydrogen (secondary N) is 2. The second-order valence-corrected chi connectivity index (χ2v) is 6.62. The Bertz CT molecular complexity index is 901. The predicted octanol–water partition coefficient (Wildman–Crippen LogP) is 2.87. The summed E-state index contributed by atoms with van der Waals surface area (Å²) in [6.45, 7) is 0.863. The van der Waals surface area contributed by atoms with E-state index in [0.717, 1.165) is 16.4 Å². The molecule has 1 amide bonds. The molecule has 7 nitrogen and oxygen atoms in total. The zero-order valence-corrected chi connectivity index (χ0v) is 15.7. The highest BCUT2D eigenvalue weighted by Crippen LogP contribution is 2.22. The summed E-state index contributed by atoms with van der Waals surface area (Å²) in [4.78, 5) is 13.1. The standard InChI is InChI=1S/C17H18N4O3S2/c1-23-12-4-6-13(7-5-12)24-9-8-18-15(22)11-21-16(19-20-17(21)25)14-3-2-10-26-14/h2-7,10H,8-9,11H2,1H3,(H,18,22)(H,20,25). The molecule has 2 N–H and O–H groups in total. The summed E-state index contributed by atoms with van der Waals surface area (Å²) in [5, 5.41) is 11.7. The van der Waals surface area contributed by atoms with Gasteiger partial charge in [0.1, 0.15) is 24.7 Å². The molecule has 26 heavy (non-hydrogen) atoms. The lowest BCUT2D eigenvalue weighted by Gasteiger charge is -2.09. The van der Waals surface area contributed by atoms with Crippen LogP contribution in [0.15, 0.2) is 41.8 Å². The van der Waals surface area contributed by atoms with E-state index >= 15 is 0 Å². The highest BCUT2D eigenvalue weighted by atomic mass is 32.1. The topological polar surface area (TPSA) is 81.2 Å². The minimum atomic E-state index is -0.154. The number of methoxy groups -OCH3 is 1. The summed E-state index contributed by atoms with van der Waals surface area (Å²) in [5.41, 5.74) is 0. The average molecular weight is 390 g/mol. The molecule has 0 unspecified atom stereocenters. The number of nitrogens with zero attached hydrogens (tertiary/aromatic N) is 2. The van der Waals surface area contributed by atoms with E-state index in [0.29, 0.717) is 23.7 Å². The van der Waals surface area contributed by atoms with Crippen LogP contribution in [-0.2, 0) is 11.3 Å². The van der Waals surface area contributed by atoms with E-state index in [1.165, 1.54) is 0 Å². The molecule has 0 saturated heterocycles. The normalized spacial score (nSPS) is 10.5. The minimum Gasteiger partial charge on any atom is -0.497 e. The summed E-state index contributed by atoms with van der Waals surface area (Å²) in [6.07, 6.45) is 0. The summed E-state index contributed by atoms with van der Waals surface area (Å²) < 4.78 is 12.8. The third-order valence-electron chi connectivity index (χ3n) is 3.55. The quantitative estimate of drug-likeness (QED) is 0.457. The molecule has 3 rings (SSSR count). The highest BCUT2D eigenvalue weighted by Gasteiger charge is 2.12. The van der Waals surface area contributed by atoms with E-state index in [4.69, 9.17) is 21.7 Å². The zero-order valence-electron chi connectivity index (χ0n) is 14.1. The Kier molecular flexibility index (Phi) is 6.03. The van der Waals surface area contributed by atoms with Crippen LogP contribution in [0.2, 0.25) is 0 Å². The van der Waals surface area contributed by atoms with Gasteiger partial charge in [-0.2, -0.15) is 5.10 Å². The van der Waals surface area contributed by atoms with Gasteiger partial charge in [0.2, 0.25) is 5.91 Å². The number of H-pyrrole nitrogens is 1. The number of hydrogen-bond donors (Lipinski definition) is 2. The van der Waals surface area contributed by atoms with E-state index in [2.05, 4.69) is 15.5 Å². The Hall–Kier alpha value is -2.65. The molecule has 1 aromatic carbocycles. The van der Waals surface area contributed by atoms with Gasteiger partial charge in [0.25, 0.3) is 0 Å². The maximum Gasteiger partial charge on any atom is 0.240 e. The van der Waals surface area contributed by atoms with Crippen molar-refractivity contribution in [2.75, 3.05) is 20.3 Å². The third kappa shape index (κ3) is 4.50. The lowest BCUT2D eigenvalue weighted by molar-refractivity contribution is -0.121. The maximum absolute atomic E-state index is 12.2. The largest absolute Gasteiger partial charge is 0.497 e. The monoisotopic (exact) mass is 390 g/mol. The Morgan fingerprint density at radius 1 is 1.31 bits per heavy atom. The van der Waals surface area contributed by atoms with Crippen LogP contribution in [-0.4, -0.2) is 40.9 Å². The molecule has 0 bridgehead atoms. The SMILES string of the molecule is COc1ccc(OCCNC(=O)Cn2c(-c3cccs3)n[nH]c2=S)cc1. The Balaban J connectivity index is 1.49. The lowest BCUT2D eigenvalue weighted by Crippen LogP contribution is -2.31. The number of ether oxygens (including phenoxy) is 2. The van der Waals surface area contributed by atoms with Gasteiger partial charge in [-0.15, -0.1) is 11.3 Å². The molecule has 136 valence electrons. The van der Waals surface area contributed by atoms with Crippen molar-refractivity contribution in [2.45, 2.75) is 6.54 Å². The highest BCUT2D eigenvalue weighted by molar-refractivity contribution is 7.71. The van der Waals surface area contributed by atoms with Gasteiger partial charge in [0.15, 0.2) is 10.6 Å². The first-order chi connectivity index (χ1) is 12.7. The molecule has 3 aromatic rings. The molecule has 0 radical (unpaired) electrons. The van der Waals surface area contributed by atoms with E-state index < -0.39 is 0 Å². The molecular formula is C17H18N4O3S2. The lowest BCUT2D eigenvalue weighted by atomic mass is 10.3. The first-order valence-electron chi connectivity index (χ1n) is 7.90. The van der Waals surface area contributed by atoms with Gasteiger partial charge >= 0.3 is 0 Å². The fraction of sp³-hybridized carbons (Fsp3) is 0.235. The zero-order chi connectivity index (χ0) is 18.4. The van der Waals surface area contributed by atoms with E-state index in [9.17, 15) is 4.79 Å². The number of aromatic nitrogens is 3. The molecule has 0 fully saturated rings. The van der Waals surface area contributed by atoms with Gasteiger partial charge in [-0.3, -0.25) is 14.5 Å². The first-order valence-corrected chi connectivity index (χ1v) is 9.19. The molecule has 0 atom stereocenters. The van der Waals surface area contributed by atoms with Gasteiger partial charge in [0, 0.05) is 0 Å². The number of rotatable bonds is 8. The van der Waals surface area contributed by atoms with Crippen molar-refractivity contribution in [2.24, 2.45) is 0 Å². The minimum absolute atomic E-state index is 0.102. The number of benzene rings is 1. The van der Waals surface area contributed by atoms with Crippen LogP contribution in [0.1, 0.15) is 0 Å². The average Bonchev–Trinajstić information content (AvgIpc) is 3.30. The van der Waals surface area contributed by atoms with Crippen LogP contribution in [0.3, 0.4) is 0 Å². The van der Waals surface area contributed by atoms with Gasteiger partial charge in [-0.05, 0) is 47.9 Å². The fourth-order valence-electron chi connectivity index (χ4n) is 2.29. The number of carbonyl (C=O) groups is 1. The number of carbonyl (C=O) groups excluding carboxylic acids is 1. The van der Waals surface area contributed by atoms with Crippen molar-refractivity contribution >= 4 is 29.5 Å². The summed E-state index contributed by atoms with van der Waals surface area (Å²) in [6, 6.07) is 11.1. The maximum atomic E-state index is 12.2. The number of hydrogen-bond acceptors (Lipinski definition) is 6. The van der Waals surface area contributed by atoms with E-state index in [1.807, 2.05) is 41.8 Å². The number of aromatic amines is 1. The van der Waals surface area contributed by atoms with Crippen LogP contribution in [0.25, 0.3) is 10.7 Å². The van der Waals surface area contributed by atoms with Crippen molar-refractivity contribution in [1.29, 1.82) is 0 Å². The van der Waals surface area contributed by atoms with Crippen LogP contribution in [0, 0.1) is 4.77 Å². The van der Waals surface area contributed by atoms with Gasteiger partial charge in [-0.1, -0.05) is 6.07 Å². The summed E-state index contributed by atoms with van der Waals surface area (Å²) in [5.74, 6) is 1.99. The molecule has 2 aromatic heterocycles. The van der Waals surface area contributed by atoms with Crippen LogP contribution in [0.5, 0.6) is 11.5 Å². The van der Waals surface area contributed by atoms with Crippen LogP contribution in [0.4, 0.5) is 0 Å². The van der Waals surface area contributed by atoms with E-state index in [1.54, 1.807) is 23.0 Å². The van der Waals surface area contributed by atoms with Gasteiger partial charge in [-0.25, -0.2) is 0 Å². The molecule has 2 heterocycles. The van der Waals surface area contributed by atoms with Gasteiger partial charge < -0.3 is 14.8 Å². The Labute approximate surface area is 159 Å². The predicted molar refractivity (Wildman–Crippen MR) is 102 cm³/mol. The smallest absolute Gasteiger partial charge is 0.240 e. The summed E-state index contributed by atoms with van der Waals surface area (Å²) >= 11 is 6.76. The summed E-state index contributed by atoms with van der Waals surface area (Å²) in [7, 11) is 1.61. The molecule has 0 aliphatic heterocycles. The molecule has 0 aliphatic rings.